The number of hydrogen-bond acceptors (Lipinski definition) is 4. The van der Waals surface area contributed by atoms with E-state index in [9.17, 15) is 8.42 Å². The van der Waals surface area contributed by atoms with Crippen LogP contribution in [0, 0.1) is 5.92 Å². The molecular formula is C11H18ClNO3S. The van der Waals surface area contributed by atoms with Gasteiger partial charge in [0.1, 0.15) is 17.2 Å². The third-order valence-electron chi connectivity index (χ3n) is 2.36. The van der Waals surface area contributed by atoms with E-state index < -0.39 is 9.05 Å². The summed E-state index contributed by atoms with van der Waals surface area (Å²) in [7, 11) is 1.65. The summed E-state index contributed by atoms with van der Waals surface area (Å²) < 4.78 is 27.4. The Bertz CT molecular complexity index is 477. The lowest BCUT2D eigenvalue weighted by Gasteiger charge is -2.08. The van der Waals surface area contributed by atoms with Crippen molar-refractivity contribution in [2.24, 2.45) is 5.92 Å². The van der Waals surface area contributed by atoms with Crippen LogP contribution in [0.1, 0.15) is 50.6 Å². The van der Waals surface area contributed by atoms with Crippen molar-refractivity contribution in [3.05, 3.63) is 17.0 Å². The van der Waals surface area contributed by atoms with Gasteiger partial charge in [-0.15, -0.1) is 0 Å². The van der Waals surface area contributed by atoms with Crippen molar-refractivity contribution in [2.45, 2.75) is 45.8 Å². The summed E-state index contributed by atoms with van der Waals surface area (Å²) in [6.45, 7) is 8.12. The Morgan fingerprint density at radius 1 is 1.29 bits per heavy atom. The zero-order valence-electron chi connectivity index (χ0n) is 10.5. The summed E-state index contributed by atoms with van der Waals surface area (Å²) >= 11 is 0. The van der Waals surface area contributed by atoms with Gasteiger partial charge in [-0.3, -0.25) is 0 Å². The average Bonchev–Trinajstić information content (AvgIpc) is 2.43. The second-order valence-corrected chi connectivity index (χ2v) is 7.68. The molecule has 1 rings (SSSR count). The lowest BCUT2D eigenvalue weighted by molar-refractivity contribution is 0.363. The number of aromatic nitrogens is 1. The second-order valence-electron chi connectivity index (χ2n) is 4.90. The molecule has 1 aromatic rings. The van der Waals surface area contributed by atoms with Crippen LogP contribution in [0.15, 0.2) is 4.52 Å². The zero-order chi connectivity index (χ0) is 13.2. The van der Waals surface area contributed by atoms with E-state index in [2.05, 4.69) is 19.0 Å². The highest BCUT2D eigenvalue weighted by molar-refractivity contribution is 8.13. The van der Waals surface area contributed by atoms with E-state index in [1.54, 1.807) is 0 Å². The van der Waals surface area contributed by atoms with Gasteiger partial charge >= 0.3 is 0 Å². The van der Waals surface area contributed by atoms with Gasteiger partial charge in [-0.1, -0.05) is 32.9 Å². The predicted molar refractivity (Wildman–Crippen MR) is 67.6 cm³/mol. The zero-order valence-corrected chi connectivity index (χ0v) is 12.1. The van der Waals surface area contributed by atoms with Crippen LogP contribution >= 0.6 is 10.7 Å². The Balaban J connectivity index is 3.11. The summed E-state index contributed by atoms with van der Waals surface area (Å²) in [5.74, 6) is 1.10. The van der Waals surface area contributed by atoms with Crippen molar-refractivity contribution in [2.75, 3.05) is 0 Å². The highest BCUT2D eigenvalue weighted by atomic mass is 35.7. The molecule has 0 aliphatic heterocycles. The monoisotopic (exact) mass is 279 g/mol. The molecule has 1 heterocycles. The molecule has 0 aliphatic rings. The molecule has 0 radical (unpaired) electrons. The van der Waals surface area contributed by atoms with Crippen LogP contribution in [0.4, 0.5) is 0 Å². The fourth-order valence-electron chi connectivity index (χ4n) is 1.81. The third-order valence-corrected chi connectivity index (χ3v) is 3.30. The molecule has 6 heteroatoms. The second kappa shape index (κ2) is 5.40. The molecule has 0 saturated heterocycles. The SMILES string of the molecule is CC(C)Cc1onc(CS(=O)(=O)Cl)c1C(C)C. The molecule has 0 aliphatic carbocycles. The predicted octanol–water partition coefficient (Wildman–Crippen LogP) is 3.07. The minimum Gasteiger partial charge on any atom is -0.361 e. The van der Waals surface area contributed by atoms with Crippen LogP contribution in [0.2, 0.25) is 0 Å². The molecule has 0 fully saturated rings. The maximum absolute atomic E-state index is 11.1. The number of rotatable bonds is 5. The molecule has 0 aromatic carbocycles. The van der Waals surface area contributed by atoms with E-state index in [0.29, 0.717) is 11.6 Å². The summed E-state index contributed by atoms with van der Waals surface area (Å²) in [4.78, 5) is 0. The van der Waals surface area contributed by atoms with Gasteiger partial charge in [-0.25, -0.2) is 8.42 Å². The van der Waals surface area contributed by atoms with Crippen molar-refractivity contribution >= 4 is 19.7 Å². The Labute approximate surface area is 107 Å². The summed E-state index contributed by atoms with van der Waals surface area (Å²) in [5.41, 5.74) is 1.31. The first-order chi connectivity index (χ1) is 7.70. The Morgan fingerprint density at radius 2 is 1.88 bits per heavy atom. The molecule has 17 heavy (non-hydrogen) atoms. The Kier molecular flexibility index (Phi) is 4.61. The molecular weight excluding hydrogens is 262 g/mol. The van der Waals surface area contributed by atoms with Crippen molar-refractivity contribution in [1.82, 2.24) is 5.16 Å². The number of hydrogen-bond donors (Lipinski definition) is 0. The Morgan fingerprint density at radius 3 is 2.29 bits per heavy atom. The molecule has 0 saturated carbocycles. The Hall–Kier alpha value is -0.550. The molecule has 0 unspecified atom stereocenters. The maximum atomic E-state index is 11.1. The number of nitrogens with zero attached hydrogens (tertiary/aromatic N) is 1. The van der Waals surface area contributed by atoms with Crippen LogP contribution < -0.4 is 0 Å². The molecule has 0 N–H and O–H groups in total. The van der Waals surface area contributed by atoms with Gasteiger partial charge in [0.2, 0.25) is 9.05 Å². The average molecular weight is 280 g/mol. The van der Waals surface area contributed by atoms with Gasteiger partial charge < -0.3 is 4.52 Å². The van der Waals surface area contributed by atoms with Crippen LogP contribution in [-0.4, -0.2) is 13.6 Å². The minimum atomic E-state index is -3.60. The van der Waals surface area contributed by atoms with Gasteiger partial charge in [0.15, 0.2) is 0 Å². The van der Waals surface area contributed by atoms with Gasteiger partial charge in [0, 0.05) is 22.7 Å². The minimum absolute atomic E-state index is 0.170. The first-order valence-corrected chi connectivity index (χ1v) is 8.08. The summed E-state index contributed by atoms with van der Waals surface area (Å²) in [5, 5.41) is 3.84. The highest BCUT2D eigenvalue weighted by Crippen LogP contribution is 2.27. The molecule has 98 valence electrons. The smallest absolute Gasteiger partial charge is 0.238 e. The standard InChI is InChI=1S/C11H18ClNO3S/c1-7(2)5-10-11(8(3)4)9(13-16-10)6-17(12,14)15/h7-8H,5-6H2,1-4H3. The highest BCUT2D eigenvalue weighted by Gasteiger charge is 2.22. The molecule has 0 amide bonds. The van der Waals surface area contributed by atoms with Crippen molar-refractivity contribution in [3.63, 3.8) is 0 Å². The molecule has 0 spiro atoms. The van der Waals surface area contributed by atoms with Gasteiger partial charge in [-0.2, -0.15) is 0 Å². The van der Waals surface area contributed by atoms with Crippen LogP contribution in [0.3, 0.4) is 0 Å². The van der Waals surface area contributed by atoms with E-state index in [-0.39, 0.29) is 11.7 Å². The van der Waals surface area contributed by atoms with Crippen LogP contribution in [0.25, 0.3) is 0 Å². The molecule has 1 aromatic heterocycles. The van der Waals surface area contributed by atoms with Crippen LogP contribution in [0.5, 0.6) is 0 Å². The van der Waals surface area contributed by atoms with Crippen molar-refractivity contribution < 1.29 is 12.9 Å². The van der Waals surface area contributed by atoms with Gasteiger partial charge in [0.05, 0.1) is 0 Å². The van der Waals surface area contributed by atoms with E-state index in [1.165, 1.54) is 0 Å². The first-order valence-electron chi connectivity index (χ1n) is 5.60. The van der Waals surface area contributed by atoms with E-state index in [0.717, 1.165) is 17.7 Å². The molecule has 0 atom stereocenters. The molecule has 0 bridgehead atoms. The largest absolute Gasteiger partial charge is 0.361 e. The third kappa shape index (κ3) is 4.32. The summed E-state index contributed by atoms with van der Waals surface area (Å²) in [6, 6.07) is 0. The van der Waals surface area contributed by atoms with Crippen molar-refractivity contribution in [3.8, 4) is 0 Å². The molecule has 4 nitrogen and oxygen atoms in total. The lowest BCUT2D eigenvalue weighted by Crippen LogP contribution is -2.03. The normalized spacial score (nSPS) is 12.6. The first kappa shape index (κ1) is 14.5. The quantitative estimate of drug-likeness (QED) is 0.777. The fourth-order valence-corrected chi connectivity index (χ4v) is 2.65. The number of halogens is 1. The van der Waals surface area contributed by atoms with Gasteiger partial charge in [0.25, 0.3) is 0 Å². The van der Waals surface area contributed by atoms with E-state index in [4.69, 9.17) is 15.2 Å². The van der Waals surface area contributed by atoms with E-state index >= 15 is 0 Å². The van der Waals surface area contributed by atoms with Crippen LogP contribution in [-0.2, 0) is 21.2 Å². The van der Waals surface area contributed by atoms with Gasteiger partial charge in [-0.05, 0) is 11.8 Å². The fraction of sp³-hybridized carbons (Fsp3) is 0.727. The summed E-state index contributed by atoms with van der Waals surface area (Å²) in [6.07, 6.45) is 0.753. The topological polar surface area (TPSA) is 60.2 Å². The van der Waals surface area contributed by atoms with Crippen molar-refractivity contribution in [1.29, 1.82) is 0 Å². The van der Waals surface area contributed by atoms with E-state index in [1.807, 2.05) is 13.8 Å². The maximum Gasteiger partial charge on any atom is 0.238 e. The lowest BCUT2D eigenvalue weighted by atomic mass is 9.97.